The Hall–Kier alpha value is -4.04. The molecule has 0 aliphatic carbocycles. The van der Waals surface area contributed by atoms with Crippen LogP contribution in [0.1, 0.15) is 41.8 Å². The third kappa shape index (κ3) is 7.49. The third-order valence-electron chi connectivity index (χ3n) is 5.05. The van der Waals surface area contributed by atoms with Crippen molar-refractivity contribution in [2.75, 3.05) is 24.3 Å². The third-order valence-corrected chi connectivity index (χ3v) is 6.02. The van der Waals surface area contributed by atoms with Crippen molar-refractivity contribution in [3.8, 4) is 23.1 Å². The first-order chi connectivity index (χ1) is 18.2. The predicted octanol–water partition coefficient (Wildman–Crippen LogP) is 6.34. The number of pyridine rings is 1. The number of benzene rings is 2. The van der Waals surface area contributed by atoms with Crippen LogP contribution in [-0.2, 0) is 15.7 Å². The fourth-order valence-corrected chi connectivity index (χ4v) is 4.09. The van der Waals surface area contributed by atoms with E-state index in [1.54, 1.807) is 37.3 Å². The second-order valence-electron chi connectivity index (χ2n) is 7.85. The van der Waals surface area contributed by atoms with Crippen LogP contribution in [-0.4, -0.2) is 35.8 Å². The van der Waals surface area contributed by atoms with Crippen LogP contribution in [0.5, 0.6) is 5.75 Å². The lowest BCUT2D eigenvalue weighted by Crippen LogP contribution is -2.15. The van der Waals surface area contributed by atoms with Crippen molar-refractivity contribution in [3.63, 3.8) is 0 Å². The average Bonchev–Trinajstić information content (AvgIpc) is 2.90. The van der Waals surface area contributed by atoms with Crippen molar-refractivity contribution in [2.24, 2.45) is 0 Å². The van der Waals surface area contributed by atoms with Crippen molar-refractivity contribution in [1.82, 2.24) is 4.98 Å². The number of rotatable bonds is 10. The summed E-state index contributed by atoms with van der Waals surface area (Å²) in [6.45, 7) is 4.37. The predicted molar refractivity (Wildman–Crippen MR) is 137 cm³/mol. The zero-order valence-electron chi connectivity index (χ0n) is 20.6. The summed E-state index contributed by atoms with van der Waals surface area (Å²) in [4.78, 5) is 28.5. The van der Waals surface area contributed by atoms with Gasteiger partial charge < -0.3 is 14.8 Å². The summed E-state index contributed by atoms with van der Waals surface area (Å²) in [5.41, 5.74) is -0.682. The minimum absolute atomic E-state index is 0.0100. The molecule has 0 aliphatic rings. The standard InChI is InChI=1S/C27H24F3N3O4S/c1-3-13-37-20-11-7-17(8-12-20)23-14-22(27(28,29)30)21(15-31)25(33-23)38-16-24(34)32-19-9-5-18(6-10-19)26(35)36-4-2/h5-12,14H,3-4,13,16H2,1-2H3,(H,32,34). The molecule has 0 saturated carbocycles. The zero-order chi connectivity index (χ0) is 27.7. The highest BCUT2D eigenvalue weighted by Gasteiger charge is 2.36. The van der Waals surface area contributed by atoms with Gasteiger partial charge in [-0.05, 0) is 67.9 Å². The summed E-state index contributed by atoms with van der Waals surface area (Å²) in [5.74, 6) is -0.756. The Labute approximate surface area is 222 Å². The molecule has 0 spiro atoms. The molecule has 11 heteroatoms. The Bertz CT molecular complexity index is 1320. The number of thioether (sulfide) groups is 1. The SMILES string of the molecule is CCCOc1ccc(-c2cc(C(F)(F)F)c(C#N)c(SCC(=O)Nc3ccc(C(=O)OCC)cc3)n2)cc1. The zero-order valence-corrected chi connectivity index (χ0v) is 21.4. The van der Waals surface area contributed by atoms with Crippen LogP contribution in [0.3, 0.4) is 0 Å². The molecule has 3 aromatic rings. The van der Waals surface area contributed by atoms with Crippen molar-refractivity contribution < 1.29 is 32.2 Å². The van der Waals surface area contributed by atoms with Crippen molar-refractivity contribution in [1.29, 1.82) is 5.26 Å². The lowest BCUT2D eigenvalue weighted by Gasteiger charge is -2.14. The molecule has 38 heavy (non-hydrogen) atoms. The van der Waals surface area contributed by atoms with Crippen LogP contribution in [0.4, 0.5) is 18.9 Å². The number of ether oxygens (including phenoxy) is 2. The quantitative estimate of drug-likeness (QED) is 0.235. The highest BCUT2D eigenvalue weighted by atomic mass is 32.2. The van der Waals surface area contributed by atoms with Crippen molar-refractivity contribution >= 4 is 29.3 Å². The number of hydrogen-bond acceptors (Lipinski definition) is 7. The Morgan fingerprint density at radius 3 is 2.34 bits per heavy atom. The van der Waals surface area contributed by atoms with Crippen LogP contribution >= 0.6 is 11.8 Å². The maximum absolute atomic E-state index is 13.8. The number of esters is 1. The van der Waals surface area contributed by atoms with Gasteiger partial charge in [0.1, 0.15) is 16.8 Å². The van der Waals surface area contributed by atoms with E-state index in [1.807, 2.05) is 6.92 Å². The number of aromatic nitrogens is 1. The van der Waals surface area contributed by atoms with Crippen molar-refractivity contribution in [2.45, 2.75) is 31.5 Å². The molecule has 0 saturated heterocycles. The fraction of sp³-hybridized carbons (Fsp3) is 0.259. The summed E-state index contributed by atoms with van der Waals surface area (Å²) < 4.78 is 51.9. The number of carbonyl (C=O) groups is 2. The molecule has 1 heterocycles. The van der Waals surface area contributed by atoms with E-state index in [-0.39, 0.29) is 23.1 Å². The molecule has 7 nitrogen and oxygen atoms in total. The van der Waals surface area contributed by atoms with E-state index in [1.165, 1.54) is 24.3 Å². The van der Waals surface area contributed by atoms with Gasteiger partial charge in [0, 0.05) is 11.3 Å². The molecule has 1 N–H and O–H groups in total. The maximum Gasteiger partial charge on any atom is 0.417 e. The molecule has 3 rings (SSSR count). The number of nitriles is 1. The number of nitrogens with zero attached hydrogens (tertiary/aromatic N) is 2. The topological polar surface area (TPSA) is 101 Å². The largest absolute Gasteiger partial charge is 0.494 e. The Balaban J connectivity index is 1.81. The molecule has 198 valence electrons. The number of alkyl halides is 3. The van der Waals surface area contributed by atoms with E-state index in [9.17, 15) is 28.0 Å². The smallest absolute Gasteiger partial charge is 0.417 e. The number of hydrogen-bond donors (Lipinski definition) is 1. The van der Waals surface area contributed by atoms with E-state index in [2.05, 4.69) is 10.3 Å². The molecule has 0 fully saturated rings. The lowest BCUT2D eigenvalue weighted by molar-refractivity contribution is -0.138. The average molecular weight is 544 g/mol. The Morgan fingerprint density at radius 2 is 1.76 bits per heavy atom. The van der Waals surface area contributed by atoms with Crippen LogP contribution in [0, 0.1) is 11.3 Å². The molecule has 1 aromatic heterocycles. The fourth-order valence-electron chi connectivity index (χ4n) is 3.28. The molecule has 0 unspecified atom stereocenters. The highest BCUT2D eigenvalue weighted by molar-refractivity contribution is 8.00. The van der Waals surface area contributed by atoms with Gasteiger partial charge in [0.25, 0.3) is 0 Å². The van der Waals surface area contributed by atoms with Gasteiger partial charge in [-0.25, -0.2) is 9.78 Å². The number of nitrogens with one attached hydrogen (secondary N) is 1. The Morgan fingerprint density at radius 1 is 1.08 bits per heavy atom. The van der Waals surface area contributed by atoms with Crippen LogP contribution < -0.4 is 10.1 Å². The summed E-state index contributed by atoms with van der Waals surface area (Å²) in [5, 5.41) is 11.9. The van der Waals surface area contributed by atoms with E-state index in [4.69, 9.17) is 9.47 Å². The second-order valence-corrected chi connectivity index (χ2v) is 8.82. The maximum atomic E-state index is 13.8. The Kier molecular flexibility index (Phi) is 9.73. The van der Waals surface area contributed by atoms with Gasteiger partial charge in [-0.15, -0.1) is 0 Å². The normalized spacial score (nSPS) is 10.9. The summed E-state index contributed by atoms with van der Waals surface area (Å²) in [6.07, 6.45) is -3.99. The van der Waals surface area contributed by atoms with Gasteiger partial charge in [0.15, 0.2) is 0 Å². The minimum atomic E-state index is -4.80. The van der Waals surface area contributed by atoms with Crippen LogP contribution in [0.25, 0.3) is 11.3 Å². The number of anilines is 1. The summed E-state index contributed by atoms with van der Waals surface area (Å²) in [7, 11) is 0. The van der Waals surface area contributed by atoms with Gasteiger partial charge >= 0.3 is 12.1 Å². The molecule has 0 aliphatic heterocycles. The van der Waals surface area contributed by atoms with E-state index in [0.29, 0.717) is 29.2 Å². The minimum Gasteiger partial charge on any atom is -0.494 e. The van der Waals surface area contributed by atoms with E-state index < -0.39 is 29.2 Å². The number of amides is 1. The first kappa shape index (κ1) is 28.5. The van der Waals surface area contributed by atoms with Gasteiger partial charge in [-0.1, -0.05) is 18.7 Å². The van der Waals surface area contributed by atoms with E-state index in [0.717, 1.165) is 24.2 Å². The van der Waals surface area contributed by atoms with Gasteiger partial charge in [-0.2, -0.15) is 18.4 Å². The molecule has 0 atom stereocenters. The highest BCUT2D eigenvalue weighted by Crippen LogP contribution is 2.38. The van der Waals surface area contributed by atoms with Gasteiger partial charge in [-0.3, -0.25) is 4.79 Å². The molecule has 2 aromatic carbocycles. The number of halogens is 3. The van der Waals surface area contributed by atoms with Crippen molar-refractivity contribution in [3.05, 3.63) is 71.3 Å². The van der Waals surface area contributed by atoms with E-state index >= 15 is 0 Å². The second kappa shape index (κ2) is 13.0. The first-order valence-corrected chi connectivity index (χ1v) is 12.6. The summed E-state index contributed by atoms with van der Waals surface area (Å²) >= 11 is 0.723. The first-order valence-electron chi connectivity index (χ1n) is 11.6. The molecule has 0 bridgehead atoms. The summed E-state index contributed by atoms with van der Waals surface area (Å²) in [6, 6.07) is 14.8. The molecular formula is C27H24F3N3O4S. The molecule has 1 amide bonds. The van der Waals surface area contributed by atoms with Crippen LogP contribution in [0.15, 0.2) is 59.6 Å². The van der Waals surface area contributed by atoms with Crippen LogP contribution in [0.2, 0.25) is 0 Å². The number of carbonyl (C=O) groups excluding carboxylic acids is 2. The lowest BCUT2D eigenvalue weighted by atomic mass is 10.1. The molecular weight excluding hydrogens is 519 g/mol. The monoisotopic (exact) mass is 543 g/mol. The van der Waals surface area contributed by atoms with Gasteiger partial charge in [0.2, 0.25) is 5.91 Å². The molecule has 0 radical (unpaired) electrons. The van der Waals surface area contributed by atoms with Gasteiger partial charge in [0.05, 0.1) is 41.4 Å².